The van der Waals surface area contributed by atoms with Gasteiger partial charge in [-0.1, -0.05) is 0 Å². The van der Waals surface area contributed by atoms with Gasteiger partial charge in [0.25, 0.3) is 0 Å². The van der Waals surface area contributed by atoms with Crippen molar-refractivity contribution in [3.05, 3.63) is 0 Å². The Labute approximate surface area is 56.0 Å². The van der Waals surface area contributed by atoms with Crippen molar-refractivity contribution in [3.63, 3.8) is 0 Å². The lowest BCUT2D eigenvalue weighted by Crippen LogP contribution is -2.35. The van der Waals surface area contributed by atoms with Gasteiger partial charge in [-0.15, -0.1) is 0 Å². The fourth-order valence-corrected chi connectivity index (χ4v) is 1.49. The van der Waals surface area contributed by atoms with E-state index in [2.05, 4.69) is 5.43 Å². The maximum absolute atomic E-state index is 12.1. The SMILES string of the molecule is FC(F)(F)C12CCCN1N2. The van der Waals surface area contributed by atoms with Gasteiger partial charge in [0.2, 0.25) is 0 Å². The van der Waals surface area contributed by atoms with Crippen LogP contribution >= 0.6 is 0 Å². The molecule has 2 saturated heterocycles. The Morgan fingerprint density at radius 1 is 1.40 bits per heavy atom. The quantitative estimate of drug-likeness (QED) is 0.521. The standard InChI is InChI=1S/C5H7F3N2/c6-5(7,8)4-2-1-3-10(4)9-4/h9H,1-3H2. The van der Waals surface area contributed by atoms with Crippen molar-refractivity contribution >= 4 is 0 Å². The summed E-state index contributed by atoms with van der Waals surface area (Å²) in [6.07, 6.45) is -3.24. The van der Waals surface area contributed by atoms with Gasteiger partial charge in [-0.2, -0.15) is 13.2 Å². The van der Waals surface area contributed by atoms with Crippen LogP contribution in [-0.2, 0) is 0 Å². The summed E-state index contributed by atoms with van der Waals surface area (Å²) in [5.74, 6) is 0. The summed E-state index contributed by atoms with van der Waals surface area (Å²) in [7, 11) is 0. The number of hydrazine groups is 1. The highest BCUT2D eigenvalue weighted by Gasteiger charge is 2.71. The fourth-order valence-electron chi connectivity index (χ4n) is 1.49. The molecule has 1 N–H and O–H groups in total. The molecule has 2 aliphatic rings. The Bertz CT molecular complexity index is 167. The van der Waals surface area contributed by atoms with E-state index in [0.717, 1.165) is 0 Å². The third-order valence-corrected chi connectivity index (χ3v) is 2.12. The van der Waals surface area contributed by atoms with E-state index in [1.165, 1.54) is 5.01 Å². The number of rotatable bonds is 0. The first-order valence-electron chi connectivity index (χ1n) is 3.18. The highest BCUT2D eigenvalue weighted by molar-refractivity contribution is 5.07. The molecule has 2 rings (SSSR count). The minimum Gasteiger partial charge on any atom is -0.224 e. The number of hydrogen-bond donors (Lipinski definition) is 1. The molecule has 0 bridgehead atoms. The van der Waals surface area contributed by atoms with Crippen molar-refractivity contribution in [1.29, 1.82) is 0 Å². The van der Waals surface area contributed by atoms with Crippen LogP contribution in [0, 0.1) is 0 Å². The summed E-state index contributed by atoms with van der Waals surface area (Å²) < 4.78 is 36.2. The van der Waals surface area contributed by atoms with Crippen LogP contribution in [0.3, 0.4) is 0 Å². The molecular formula is C5H7F3N2. The van der Waals surface area contributed by atoms with Crippen molar-refractivity contribution in [2.75, 3.05) is 6.54 Å². The topological polar surface area (TPSA) is 25.0 Å². The summed E-state index contributed by atoms with van der Waals surface area (Å²) in [6.45, 7) is 0.527. The van der Waals surface area contributed by atoms with Crippen LogP contribution in [0.4, 0.5) is 13.2 Å². The zero-order valence-electron chi connectivity index (χ0n) is 5.20. The van der Waals surface area contributed by atoms with Gasteiger partial charge in [-0.25, -0.2) is 10.4 Å². The Kier molecular flexibility index (Phi) is 0.950. The molecule has 0 aliphatic carbocycles. The highest BCUT2D eigenvalue weighted by Crippen LogP contribution is 2.48. The van der Waals surface area contributed by atoms with Crippen LogP contribution in [0.2, 0.25) is 0 Å². The molecule has 0 radical (unpaired) electrons. The average Bonchev–Trinajstić information content (AvgIpc) is 2.36. The predicted molar refractivity (Wildman–Crippen MR) is 27.9 cm³/mol. The van der Waals surface area contributed by atoms with Gasteiger partial charge >= 0.3 is 6.18 Å². The van der Waals surface area contributed by atoms with Gasteiger partial charge < -0.3 is 0 Å². The maximum atomic E-state index is 12.1. The van der Waals surface area contributed by atoms with E-state index in [1.807, 2.05) is 0 Å². The van der Waals surface area contributed by atoms with Crippen molar-refractivity contribution in [2.24, 2.45) is 0 Å². The molecule has 2 atom stereocenters. The normalized spacial score (nSPS) is 45.3. The number of nitrogens with zero attached hydrogens (tertiary/aromatic N) is 1. The fraction of sp³-hybridized carbons (Fsp3) is 1.00. The minimum atomic E-state index is -4.09. The number of nitrogens with one attached hydrogen (secondary N) is 1. The number of alkyl halides is 3. The highest BCUT2D eigenvalue weighted by atomic mass is 19.4. The molecule has 5 heteroatoms. The second-order valence-electron chi connectivity index (χ2n) is 2.73. The number of hydrogen-bond acceptors (Lipinski definition) is 2. The van der Waals surface area contributed by atoms with Crippen LogP contribution in [0.15, 0.2) is 0 Å². The van der Waals surface area contributed by atoms with E-state index in [-0.39, 0.29) is 6.42 Å². The molecule has 2 nitrogen and oxygen atoms in total. The molecular weight excluding hydrogens is 145 g/mol. The predicted octanol–water partition coefficient (Wildman–Crippen LogP) is 0.859. The molecule has 0 amide bonds. The number of fused-ring (bicyclic) bond motifs is 1. The third-order valence-electron chi connectivity index (χ3n) is 2.12. The first-order chi connectivity index (χ1) is 4.56. The first kappa shape index (κ1) is 6.42. The zero-order chi connectivity index (χ0) is 7.41. The molecule has 0 aromatic rings. The minimum absolute atomic E-state index is 0.205. The molecule has 0 saturated carbocycles. The van der Waals surface area contributed by atoms with Crippen molar-refractivity contribution in [3.8, 4) is 0 Å². The maximum Gasteiger partial charge on any atom is 0.422 e. The van der Waals surface area contributed by atoms with E-state index in [1.54, 1.807) is 0 Å². The Balaban J connectivity index is 2.18. The van der Waals surface area contributed by atoms with Gasteiger partial charge in [0.15, 0.2) is 5.66 Å². The lowest BCUT2D eigenvalue weighted by molar-refractivity contribution is -0.168. The monoisotopic (exact) mass is 152 g/mol. The summed E-state index contributed by atoms with van der Waals surface area (Å²) >= 11 is 0. The summed E-state index contributed by atoms with van der Waals surface area (Å²) in [6, 6.07) is 0. The molecule has 0 spiro atoms. The van der Waals surface area contributed by atoms with Gasteiger partial charge in [-0.3, -0.25) is 0 Å². The Morgan fingerprint density at radius 3 is 2.30 bits per heavy atom. The molecule has 10 heavy (non-hydrogen) atoms. The molecule has 2 aliphatic heterocycles. The first-order valence-corrected chi connectivity index (χ1v) is 3.18. The van der Waals surface area contributed by atoms with Crippen LogP contribution in [-0.4, -0.2) is 23.4 Å². The van der Waals surface area contributed by atoms with Gasteiger partial charge in [0, 0.05) is 6.54 Å². The molecule has 58 valence electrons. The summed E-state index contributed by atoms with van der Waals surface area (Å²) in [5.41, 5.74) is 0.712. The smallest absolute Gasteiger partial charge is 0.224 e. The summed E-state index contributed by atoms with van der Waals surface area (Å²) in [4.78, 5) is 0. The second-order valence-corrected chi connectivity index (χ2v) is 2.73. The lowest BCUT2D eigenvalue weighted by Gasteiger charge is -2.11. The lowest BCUT2D eigenvalue weighted by atomic mass is 10.1. The van der Waals surface area contributed by atoms with Gasteiger partial charge in [0.1, 0.15) is 0 Å². The largest absolute Gasteiger partial charge is 0.422 e. The summed E-state index contributed by atoms with van der Waals surface area (Å²) in [5, 5.41) is 1.26. The third kappa shape index (κ3) is 0.569. The van der Waals surface area contributed by atoms with E-state index < -0.39 is 11.8 Å². The average molecular weight is 152 g/mol. The molecule has 2 unspecified atom stereocenters. The van der Waals surface area contributed by atoms with Crippen LogP contribution in [0.1, 0.15) is 12.8 Å². The van der Waals surface area contributed by atoms with E-state index in [4.69, 9.17) is 0 Å². The van der Waals surface area contributed by atoms with Crippen LogP contribution in [0.25, 0.3) is 0 Å². The van der Waals surface area contributed by atoms with Gasteiger partial charge in [0.05, 0.1) is 0 Å². The Hall–Kier alpha value is -0.290. The molecule has 2 heterocycles. The van der Waals surface area contributed by atoms with Crippen molar-refractivity contribution < 1.29 is 13.2 Å². The number of halogens is 3. The zero-order valence-corrected chi connectivity index (χ0v) is 5.20. The second kappa shape index (κ2) is 1.48. The van der Waals surface area contributed by atoms with Crippen molar-refractivity contribution in [2.45, 2.75) is 24.7 Å². The van der Waals surface area contributed by atoms with E-state index in [9.17, 15) is 13.2 Å². The van der Waals surface area contributed by atoms with E-state index >= 15 is 0 Å². The van der Waals surface area contributed by atoms with Gasteiger partial charge in [-0.05, 0) is 12.8 Å². The van der Waals surface area contributed by atoms with Crippen molar-refractivity contribution in [1.82, 2.24) is 10.4 Å². The van der Waals surface area contributed by atoms with Crippen LogP contribution < -0.4 is 5.43 Å². The van der Waals surface area contributed by atoms with Crippen LogP contribution in [0.5, 0.6) is 0 Å². The van der Waals surface area contributed by atoms with E-state index in [0.29, 0.717) is 13.0 Å². The molecule has 0 aromatic heterocycles. The molecule has 2 fully saturated rings. The Morgan fingerprint density at radius 2 is 2.10 bits per heavy atom. The molecule has 0 aromatic carbocycles.